The number of hydrogen-bond donors (Lipinski definition) is 2. The lowest BCUT2D eigenvalue weighted by Gasteiger charge is -2.13. The third kappa shape index (κ3) is 3.03. The van der Waals surface area contributed by atoms with Crippen LogP contribution in [0.4, 0.5) is 0 Å². The molecule has 0 amide bonds. The van der Waals surface area contributed by atoms with Gasteiger partial charge >= 0.3 is 5.97 Å². The fraction of sp³-hybridized carbons (Fsp3) is 0.538. The molecule has 1 aliphatic carbocycles. The number of carbonyl (C=O) groups is 1. The first kappa shape index (κ1) is 12.0. The largest absolute Gasteiger partial charge is 0.477 e. The quantitative estimate of drug-likeness (QED) is 0.791. The summed E-state index contributed by atoms with van der Waals surface area (Å²) >= 11 is 0. The fourth-order valence-electron chi connectivity index (χ4n) is 1.98. The molecule has 1 aliphatic rings. The minimum Gasteiger partial charge on any atom is -0.477 e. The summed E-state index contributed by atoms with van der Waals surface area (Å²) in [5.41, 5.74) is 1.41. The number of rotatable bonds is 6. The van der Waals surface area contributed by atoms with Gasteiger partial charge in [-0.3, -0.25) is 0 Å². The molecule has 0 aromatic carbocycles. The number of nitrogens with one attached hydrogen (secondary N) is 1. The molecule has 0 unspecified atom stereocenters. The van der Waals surface area contributed by atoms with Gasteiger partial charge in [0, 0.05) is 13.1 Å². The highest BCUT2D eigenvalue weighted by Gasteiger charge is 2.39. The summed E-state index contributed by atoms with van der Waals surface area (Å²) in [5.74, 6) is -0.973. The zero-order chi connectivity index (χ0) is 12.3. The summed E-state index contributed by atoms with van der Waals surface area (Å²) in [4.78, 5) is 14.8. The normalized spacial score (nSPS) is 16.8. The monoisotopic (exact) mass is 234 g/mol. The molecule has 1 saturated carbocycles. The molecule has 0 saturated heterocycles. The molecule has 4 nitrogen and oxygen atoms in total. The van der Waals surface area contributed by atoms with Crippen molar-refractivity contribution < 1.29 is 9.90 Å². The Bertz CT molecular complexity index is 414. The van der Waals surface area contributed by atoms with Crippen LogP contribution in [-0.2, 0) is 6.54 Å². The van der Waals surface area contributed by atoms with Crippen molar-refractivity contribution in [2.45, 2.75) is 32.7 Å². The van der Waals surface area contributed by atoms with Crippen LogP contribution in [0.25, 0.3) is 0 Å². The van der Waals surface area contributed by atoms with Crippen molar-refractivity contribution in [1.29, 1.82) is 0 Å². The molecule has 0 atom stereocenters. The Morgan fingerprint density at radius 1 is 1.53 bits per heavy atom. The van der Waals surface area contributed by atoms with Gasteiger partial charge in [0.25, 0.3) is 0 Å². The van der Waals surface area contributed by atoms with Crippen molar-refractivity contribution in [3.63, 3.8) is 0 Å². The van der Waals surface area contributed by atoms with Gasteiger partial charge in [-0.1, -0.05) is 13.0 Å². The average molecular weight is 234 g/mol. The van der Waals surface area contributed by atoms with Crippen LogP contribution in [-0.4, -0.2) is 22.6 Å². The molecule has 1 fully saturated rings. The number of carboxylic acids is 1. The van der Waals surface area contributed by atoms with Crippen LogP contribution < -0.4 is 5.32 Å². The summed E-state index contributed by atoms with van der Waals surface area (Å²) in [6, 6.07) is 5.10. The second kappa shape index (κ2) is 4.84. The summed E-state index contributed by atoms with van der Waals surface area (Å²) in [6.45, 7) is 3.86. The Hall–Kier alpha value is -1.42. The van der Waals surface area contributed by atoms with E-state index in [0.29, 0.717) is 12.0 Å². The van der Waals surface area contributed by atoms with Crippen LogP contribution >= 0.6 is 0 Å². The maximum absolute atomic E-state index is 10.8. The van der Waals surface area contributed by atoms with E-state index in [-0.39, 0.29) is 5.69 Å². The number of aromatic carboxylic acids is 1. The molecule has 1 aromatic rings. The van der Waals surface area contributed by atoms with Crippen molar-refractivity contribution in [3.05, 3.63) is 29.6 Å². The Kier molecular flexibility index (Phi) is 3.43. The van der Waals surface area contributed by atoms with Gasteiger partial charge in [-0.25, -0.2) is 9.78 Å². The SMILES string of the molecule is CCC1(CNCc2cccc(C(=O)O)n2)CC1. The van der Waals surface area contributed by atoms with E-state index in [9.17, 15) is 4.79 Å². The average Bonchev–Trinajstić information content (AvgIpc) is 3.10. The predicted molar refractivity (Wildman–Crippen MR) is 64.9 cm³/mol. The van der Waals surface area contributed by atoms with Crippen molar-refractivity contribution in [3.8, 4) is 0 Å². The van der Waals surface area contributed by atoms with Crippen LogP contribution in [0.5, 0.6) is 0 Å². The highest BCUT2D eigenvalue weighted by atomic mass is 16.4. The smallest absolute Gasteiger partial charge is 0.354 e. The summed E-state index contributed by atoms with van der Waals surface area (Å²) < 4.78 is 0. The standard InChI is InChI=1S/C13H18N2O2/c1-2-13(6-7-13)9-14-8-10-4-3-5-11(15-10)12(16)17/h3-5,14H,2,6-9H2,1H3,(H,16,17). The van der Waals surface area contributed by atoms with Crippen LogP contribution in [0.15, 0.2) is 18.2 Å². The third-order valence-corrected chi connectivity index (χ3v) is 3.54. The third-order valence-electron chi connectivity index (χ3n) is 3.54. The molecule has 0 aliphatic heterocycles. The molecule has 0 bridgehead atoms. The molecule has 2 N–H and O–H groups in total. The van der Waals surface area contributed by atoms with E-state index in [1.165, 1.54) is 25.3 Å². The van der Waals surface area contributed by atoms with Crippen LogP contribution in [0.1, 0.15) is 42.4 Å². The topological polar surface area (TPSA) is 62.2 Å². The summed E-state index contributed by atoms with van der Waals surface area (Å²) in [7, 11) is 0. The number of carboxylic acid groups (broad SMARTS) is 1. The highest BCUT2D eigenvalue weighted by molar-refractivity contribution is 5.85. The van der Waals surface area contributed by atoms with Gasteiger partial charge in [-0.15, -0.1) is 0 Å². The maximum atomic E-state index is 10.8. The predicted octanol–water partition coefficient (Wildman–Crippen LogP) is 2.06. The van der Waals surface area contributed by atoms with Gasteiger partial charge in [0.05, 0.1) is 5.69 Å². The van der Waals surface area contributed by atoms with Gasteiger partial charge in [0.15, 0.2) is 0 Å². The lowest BCUT2D eigenvalue weighted by Crippen LogP contribution is -2.23. The van der Waals surface area contributed by atoms with Gasteiger partial charge in [-0.2, -0.15) is 0 Å². The molecule has 4 heteroatoms. The molecule has 92 valence electrons. The second-order valence-electron chi connectivity index (χ2n) is 4.78. The Labute approximate surface area is 101 Å². The fourth-order valence-corrected chi connectivity index (χ4v) is 1.98. The number of pyridine rings is 1. The van der Waals surface area contributed by atoms with E-state index in [1.807, 2.05) is 6.07 Å². The van der Waals surface area contributed by atoms with E-state index >= 15 is 0 Å². The number of aromatic nitrogens is 1. The minimum absolute atomic E-state index is 0.112. The first-order chi connectivity index (χ1) is 8.15. The van der Waals surface area contributed by atoms with Gasteiger partial charge in [-0.05, 0) is 36.8 Å². The minimum atomic E-state index is -0.973. The van der Waals surface area contributed by atoms with E-state index in [0.717, 1.165) is 12.2 Å². The Morgan fingerprint density at radius 3 is 2.88 bits per heavy atom. The number of hydrogen-bond acceptors (Lipinski definition) is 3. The van der Waals surface area contributed by atoms with Crippen LogP contribution in [0.2, 0.25) is 0 Å². The molecular weight excluding hydrogens is 216 g/mol. The Balaban J connectivity index is 1.86. The zero-order valence-corrected chi connectivity index (χ0v) is 10.1. The molecule has 17 heavy (non-hydrogen) atoms. The van der Waals surface area contributed by atoms with E-state index < -0.39 is 5.97 Å². The number of nitrogens with zero attached hydrogens (tertiary/aromatic N) is 1. The van der Waals surface area contributed by atoms with Gasteiger partial charge in [0.2, 0.25) is 0 Å². The van der Waals surface area contributed by atoms with Crippen molar-refractivity contribution >= 4 is 5.97 Å². The van der Waals surface area contributed by atoms with Crippen molar-refractivity contribution in [2.24, 2.45) is 5.41 Å². The lowest BCUT2D eigenvalue weighted by atomic mass is 10.0. The van der Waals surface area contributed by atoms with E-state index in [1.54, 1.807) is 6.07 Å². The van der Waals surface area contributed by atoms with E-state index in [4.69, 9.17) is 5.11 Å². The molecule has 1 aromatic heterocycles. The van der Waals surface area contributed by atoms with Crippen molar-refractivity contribution in [1.82, 2.24) is 10.3 Å². The maximum Gasteiger partial charge on any atom is 0.354 e. The summed E-state index contributed by atoms with van der Waals surface area (Å²) in [5, 5.41) is 12.2. The lowest BCUT2D eigenvalue weighted by molar-refractivity contribution is 0.0690. The molecule has 1 heterocycles. The van der Waals surface area contributed by atoms with Crippen LogP contribution in [0, 0.1) is 5.41 Å². The second-order valence-corrected chi connectivity index (χ2v) is 4.78. The van der Waals surface area contributed by atoms with Gasteiger partial charge in [0.1, 0.15) is 5.69 Å². The molecule has 0 spiro atoms. The first-order valence-electron chi connectivity index (χ1n) is 6.05. The molecule has 2 rings (SSSR count). The molecule has 0 radical (unpaired) electrons. The van der Waals surface area contributed by atoms with Crippen LogP contribution in [0.3, 0.4) is 0 Å². The zero-order valence-electron chi connectivity index (χ0n) is 10.1. The first-order valence-corrected chi connectivity index (χ1v) is 6.05. The summed E-state index contributed by atoms with van der Waals surface area (Å²) in [6.07, 6.45) is 3.82. The molecular formula is C13H18N2O2. The Morgan fingerprint density at radius 2 is 2.29 bits per heavy atom. The van der Waals surface area contributed by atoms with E-state index in [2.05, 4.69) is 17.2 Å². The van der Waals surface area contributed by atoms with Crippen molar-refractivity contribution in [2.75, 3.05) is 6.54 Å². The van der Waals surface area contributed by atoms with Gasteiger partial charge < -0.3 is 10.4 Å². The highest BCUT2D eigenvalue weighted by Crippen LogP contribution is 2.47.